The van der Waals surface area contributed by atoms with Gasteiger partial charge in [-0.25, -0.2) is 0 Å². The molecule has 0 bridgehead atoms. The molecule has 0 spiro atoms. The number of aromatic hydroxyl groups is 1. The lowest BCUT2D eigenvalue weighted by molar-refractivity contribution is 0.122. The number of fused-ring (bicyclic) bond motifs is 1. The van der Waals surface area contributed by atoms with Gasteiger partial charge in [-0.2, -0.15) is 0 Å². The predicted octanol–water partition coefficient (Wildman–Crippen LogP) is 1.59. The third-order valence-electron chi connectivity index (χ3n) is 3.49. The molecule has 2 N–H and O–H groups in total. The summed E-state index contributed by atoms with van der Waals surface area (Å²) in [6, 6.07) is 3.99. The zero-order valence-corrected chi connectivity index (χ0v) is 9.91. The average molecular weight is 234 g/mol. The SMILES string of the molecule is Oc1cc2c(cc1N1CCOCC1)NCCC2. The maximum absolute atomic E-state index is 10.1. The molecule has 0 unspecified atom stereocenters. The van der Waals surface area contributed by atoms with Crippen molar-refractivity contribution >= 4 is 11.4 Å². The van der Waals surface area contributed by atoms with Gasteiger partial charge in [0.2, 0.25) is 0 Å². The third kappa shape index (κ3) is 2.05. The van der Waals surface area contributed by atoms with Crippen LogP contribution in [0.25, 0.3) is 0 Å². The van der Waals surface area contributed by atoms with E-state index in [2.05, 4.69) is 16.3 Å². The first-order chi connectivity index (χ1) is 8.34. The highest BCUT2D eigenvalue weighted by Gasteiger charge is 2.18. The fourth-order valence-corrected chi connectivity index (χ4v) is 2.55. The van der Waals surface area contributed by atoms with Gasteiger partial charge in [0.05, 0.1) is 18.9 Å². The number of phenolic OH excluding ortho intramolecular Hbond substituents is 1. The van der Waals surface area contributed by atoms with E-state index in [1.165, 1.54) is 11.3 Å². The molecule has 1 saturated heterocycles. The monoisotopic (exact) mass is 234 g/mol. The molecule has 0 amide bonds. The third-order valence-corrected chi connectivity index (χ3v) is 3.49. The summed E-state index contributed by atoms with van der Waals surface area (Å²) in [5.41, 5.74) is 3.34. The second-order valence-corrected chi connectivity index (χ2v) is 4.63. The maximum atomic E-state index is 10.1. The molecule has 92 valence electrons. The lowest BCUT2D eigenvalue weighted by Gasteiger charge is -2.31. The average Bonchev–Trinajstić information content (AvgIpc) is 2.39. The highest BCUT2D eigenvalue weighted by molar-refractivity contribution is 5.70. The zero-order chi connectivity index (χ0) is 11.7. The number of nitrogens with zero attached hydrogens (tertiary/aromatic N) is 1. The Kier molecular flexibility index (Phi) is 2.81. The summed E-state index contributed by atoms with van der Waals surface area (Å²) in [7, 11) is 0. The summed E-state index contributed by atoms with van der Waals surface area (Å²) in [5.74, 6) is 0.398. The van der Waals surface area contributed by atoms with Gasteiger partial charge in [-0.15, -0.1) is 0 Å². The van der Waals surface area contributed by atoms with Crippen molar-refractivity contribution in [1.29, 1.82) is 0 Å². The van der Waals surface area contributed by atoms with Crippen molar-refractivity contribution < 1.29 is 9.84 Å². The van der Waals surface area contributed by atoms with Gasteiger partial charge < -0.3 is 20.1 Å². The second-order valence-electron chi connectivity index (χ2n) is 4.63. The predicted molar refractivity (Wildman–Crippen MR) is 67.9 cm³/mol. The van der Waals surface area contributed by atoms with Gasteiger partial charge in [0.1, 0.15) is 5.75 Å². The molecule has 2 heterocycles. The quantitative estimate of drug-likeness (QED) is 0.724. The fourth-order valence-electron chi connectivity index (χ4n) is 2.55. The van der Waals surface area contributed by atoms with E-state index >= 15 is 0 Å². The van der Waals surface area contributed by atoms with Gasteiger partial charge in [-0.05, 0) is 30.5 Å². The first-order valence-corrected chi connectivity index (χ1v) is 6.27. The van der Waals surface area contributed by atoms with E-state index in [1.54, 1.807) is 0 Å². The van der Waals surface area contributed by atoms with E-state index in [1.807, 2.05) is 6.07 Å². The number of nitrogens with one attached hydrogen (secondary N) is 1. The topological polar surface area (TPSA) is 44.7 Å². The van der Waals surface area contributed by atoms with Gasteiger partial charge in [-0.1, -0.05) is 0 Å². The van der Waals surface area contributed by atoms with Gasteiger partial charge in [0.15, 0.2) is 0 Å². The van der Waals surface area contributed by atoms with Crippen molar-refractivity contribution in [3.8, 4) is 5.75 Å². The Bertz CT molecular complexity index is 414. The summed E-state index contributed by atoms with van der Waals surface area (Å²) in [6.45, 7) is 4.22. The summed E-state index contributed by atoms with van der Waals surface area (Å²) >= 11 is 0. The number of benzene rings is 1. The van der Waals surface area contributed by atoms with Gasteiger partial charge in [0.25, 0.3) is 0 Å². The van der Waals surface area contributed by atoms with Crippen LogP contribution in [0.2, 0.25) is 0 Å². The van der Waals surface area contributed by atoms with Crippen LogP contribution in [0.15, 0.2) is 12.1 Å². The smallest absolute Gasteiger partial charge is 0.139 e. The molecule has 1 aromatic rings. The van der Waals surface area contributed by atoms with E-state index in [-0.39, 0.29) is 0 Å². The Labute approximate surface area is 101 Å². The lowest BCUT2D eigenvalue weighted by Crippen LogP contribution is -2.36. The molecule has 2 aliphatic rings. The minimum absolute atomic E-state index is 0.398. The van der Waals surface area contributed by atoms with Crippen molar-refractivity contribution in [2.45, 2.75) is 12.8 Å². The lowest BCUT2D eigenvalue weighted by atomic mass is 10.0. The van der Waals surface area contributed by atoms with Crippen LogP contribution in [0.5, 0.6) is 5.75 Å². The molecule has 4 heteroatoms. The van der Waals surface area contributed by atoms with E-state index < -0.39 is 0 Å². The molecule has 0 radical (unpaired) electrons. The normalized spacial score (nSPS) is 19.6. The van der Waals surface area contributed by atoms with Crippen LogP contribution in [0.1, 0.15) is 12.0 Å². The number of phenols is 1. The number of aryl methyl sites for hydroxylation is 1. The Hall–Kier alpha value is -1.42. The molecular formula is C13H18N2O2. The summed E-state index contributed by atoms with van der Waals surface area (Å²) < 4.78 is 5.33. The van der Waals surface area contributed by atoms with Crippen molar-refractivity contribution in [2.24, 2.45) is 0 Å². The number of rotatable bonds is 1. The second kappa shape index (κ2) is 4.45. The van der Waals surface area contributed by atoms with E-state index in [0.29, 0.717) is 5.75 Å². The largest absolute Gasteiger partial charge is 0.506 e. The molecule has 0 atom stereocenters. The van der Waals surface area contributed by atoms with Crippen LogP contribution in [-0.2, 0) is 11.2 Å². The maximum Gasteiger partial charge on any atom is 0.139 e. The molecule has 1 aromatic carbocycles. The Morgan fingerprint density at radius 2 is 2.06 bits per heavy atom. The Balaban J connectivity index is 1.93. The van der Waals surface area contributed by atoms with E-state index in [9.17, 15) is 5.11 Å². The standard InChI is InChI=1S/C13H18N2O2/c16-13-8-10-2-1-3-14-11(10)9-12(13)15-4-6-17-7-5-15/h8-9,14,16H,1-7H2. The molecule has 0 aromatic heterocycles. The fraction of sp³-hybridized carbons (Fsp3) is 0.538. The van der Waals surface area contributed by atoms with Crippen molar-refractivity contribution in [3.63, 3.8) is 0 Å². The summed E-state index contributed by atoms with van der Waals surface area (Å²) in [4.78, 5) is 2.19. The molecular weight excluding hydrogens is 216 g/mol. The van der Waals surface area contributed by atoms with Crippen LogP contribution >= 0.6 is 0 Å². The highest BCUT2D eigenvalue weighted by atomic mass is 16.5. The number of ether oxygens (including phenoxy) is 1. The number of anilines is 2. The van der Waals surface area contributed by atoms with Crippen LogP contribution < -0.4 is 10.2 Å². The number of hydrogen-bond donors (Lipinski definition) is 2. The Morgan fingerprint density at radius 1 is 1.24 bits per heavy atom. The van der Waals surface area contributed by atoms with Crippen molar-refractivity contribution in [1.82, 2.24) is 0 Å². The number of hydrogen-bond acceptors (Lipinski definition) is 4. The number of morpholine rings is 1. The van der Waals surface area contributed by atoms with Gasteiger partial charge in [-0.3, -0.25) is 0 Å². The zero-order valence-electron chi connectivity index (χ0n) is 9.91. The Morgan fingerprint density at radius 3 is 2.88 bits per heavy atom. The van der Waals surface area contributed by atoms with Crippen molar-refractivity contribution in [3.05, 3.63) is 17.7 Å². The van der Waals surface area contributed by atoms with Crippen LogP contribution in [0.4, 0.5) is 11.4 Å². The summed E-state index contributed by atoms with van der Waals surface area (Å²) in [6.07, 6.45) is 2.20. The molecule has 3 rings (SSSR count). The molecule has 1 fully saturated rings. The minimum Gasteiger partial charge on any atom is -0.506 e. The minimum atomic E-state index is 0.398. The summed E-state index contributed by atoms with van der Waals surface area (Å²) in [5, 5.41) is 13.5. The van der Waals surface area contributed by atoms with E-state index in [4.69, 9.17) is 4.74 Å². The van der Waals surface area contributed by atoms with E-state index in [0.717, 1.165) is 51.4 Å². The van der Waals surface area contributed by atoms with Gasteiger partial charge >= 0.3 is 0 Å². The highest BCUT2D eigenvalue weighted by Crippen LogP contribution is 2.35. The van der Waals surface area contributed by atoms with Crippen LogP contribution in [0.3, 0.4) is 0 Å². The molecule has 0 saturated carbocycles. The van der Waals surface area contributed by atoms with Crippen LogP contribution in [-0.4, -0.2) is 38.0 Å². The molecule has 2 aliphatic heterocycles. The molecule has 17 heavy (non-hydrogen) atoms. The van der Waals surface area contributed by atoms with Crippen molar-refractivity contribution in [2.75, 3.05) is 43.1 Å². The van der Waals surface area contributed by atoms with Crippen LogP contribution in [0, 0.1) is 0 Å². The van der Waals surface area contributed by atoms with Gasteiger partial charge in [0, 0.05) is 25.3 Å². The first kappa shape index (κ1) is 10.7. The molecule has 4 nitrogen and oxygen atoms in total. The molecule has 0 aliphatic carbocycles. The first-order valence-electron chi connectivity index (χ1n) is 6.27.